The molecule has 1 aliphatic rings. The Morgan fingerprint density at radius 2 is 2.13 bits per heavy atom. The largest absolute Gasteiger partial charge is 0.475 e. The summed E-state index contributed by atoms with van der Waals surface area (Å²) in [5.41, 5.74) is 0.805. The van der Waals surface area contributed by atoms with E-state index in [4.69, 9.17) is 9.63 Å². The lowest BCUT2D eigenvalue weighted by molar-refractivity contribution is 0.0652. The maximum atomic E-state index is 10.6. The molecule has 0 spiro atoms. The summed E-state index contributed by atoms with van der Waals surface area (Å²) < 4.78 is 4.76. The van der Waals surface area contributed by atoms with E-state index in [1.54, 1.807) is 6.07 Å². The second-order valence-corrected chi connectivity index (χ2v) is 4.38. The van der Waals surface area contributed by atoms with Crippen LogP contribution in [0, 0.1) is 5.92 Å². The average molecular weight is 209 g/mol. The molecule has 1 aromatic heterocycles. The second-order valence-electron chi connectivity index (χ2n) is 4.38. The van der Waals surface area contributed by atoms with E-state index in [0.717, 1.165) is 24.5 Å². The van der Waals surface area contributed by atoms with Gasteiger partial charge in [0, 0.05) is 12.0 Å². The van der Waals surface area contributed by atoms with Gasteiger partial charge in [-0.1, -0.05) is 24.9 Å². The predicted molar refractivity (Wildman–Crippen MR) is 53.8 cm³/mol. The predicted octanol–water partition coefficient (Wildman–Crippen LogP) is 2.67. The van der Waals surface area contributed by atoms with Crippen molar-refractivity contribution in [3.05, 3.63) is 17.5 Å². The van der Waals surface area contributed by atoms with E-state index in [-0.39, 0.29) is 5.76 Å². The molecule has 0 atom stereocenters. The summed E-state index contributed by atoms with van der Waals surface area (Å²) in [7, 11) is 0. The minimum atomic E-state index is -1.04. The Labute approximate surface area is 88.3 Å². The lowest BCUT2D eigenvalue weighted by atomic mass is 9.81. The summed E-state index contributed by atoms with van der Waals surface area (Å²) in [6.07, 6.45) is 4.57. The smallest absolute Gasteiger partial charge is 0.374 e. The van der Waals surface area contributed by atoms with Gasteiger partial charge in [0.15, 0.2) is 0 Å². The summed E-state index contributed by atoms with van der Waals surface area (Å²) in [4.78, 5) is 10.6. The van der Waals surface area contributed by atoms with Gasteiger partial charge in [-0.25, -0.2) is 4.79 Å². The standard InChI is InChI=1S/C11H15NO3/c1-7-2-4-8(5-3-7)9-6-10(11(13)14)15-12-9/h6-8H,2-5H2,1H3,(H,13,14). The van der Waals surface area contributed by atoms with Crippen LogP contribution in [0.1, 0.15) is 54.8 Å². The molecule has 0 bridgehead atoms. The molecule has 1 N–H and O–H groups in total. The first-order chi connectivity index (χ1) is 7.16. The van der Waals surface area contributed by atoms with Crippen LogP contribution in [0.15, 0.2) is 10.6 Å². The Bertz CT molecular complexity index is 350. The molecule has 0 saturated heterocycles. The third kappa shape index (κ3) is 2.19. The van der Waals surface area contributed by atoms with E-state index in [1.807, 2.05) is 0 Å². The first-order valence-electron chi connectivity index (χ1n) is 5.36. The SMILES string of the molecule is CC1CCC(c2cc(C(=O)O)on2)CC1. The van der Waals surface area contributed by atoms with Gasteiger partial charge < -0.3 is 9.63 Å². The minimum Gasteiger partial charge on any atom is -0.475 e. The number of hydrogen-bond donors (Lipinski definition) is 1. The fourth-order valence-corrected chi connectivity index (χ4v) is 2.14. The molecule has 0 aliphatic heterocycles. The molecule has 1 aromatic rings. The van der Waals surface area contributed by atoms with Crippen LogP contribution >= 0.6 is 0 Å². The highest BCUT2D eigenvalue weighted by Gasteiger charge is 2.23. The fraction of sp³-hybridized carbons (Fsp3) is 0.636. The highest BCUT2D eigenvalue weighted by Crippen LogP contribution is 2.34. The minimum absolute atomic E-state index is 0.0522. The van der Waals surface area contributed by atoms with E-state index in [1.165, 1.54) is 12.8 Å². The summed E-state index contributed by atoms with van der Waals surface area (Å²) >= 11 is 0. The summed E-state index contributed by atoms with van der Waals surface area (Å²) in [5, 5.41) is 12.5. The zero-order valence-electron chi connectivity index (χ0n) is 8.77. The third-order valence-electron chi connectivity index (χ3n) is 3.17. The third-order valence-corrected chi connectivity index (χ3v) is 3.17. The van der Waals surface area contributed by atoms with Crippen molar-refractivity contribution in [1.29, 1.82) is 0 Å². The first-order valence-corrected chi connectivity index (χ1v) is 5.36. The molecule has 82 valence electrons. The van der Waals surface area contributed by atoms with Crippen molar-refractivity contribution in [1.82, 2.24) is 5.16 Å². The normalized spacial score (nSPS) is 26.5. The Balaban J connectivity index is 2.06. The maximum Gasteiger partial charge on any atom is 0.374 e. The molecule has 0 aromatic carbocycles. The number of carbonyl (C=O) groups is 1. The van der Waals surface area contributed by atoms with Gasteiger partial charge in [0.25, 0.3) is 0 Å². The molecule has 15 heavy (non-hydrogen) atoms. The number of aromatic nitrogens is 1. The molecule has 4 nitrogen and oxygen atoms in total. The van der Waals surface area contributed by atoms with Crippen molar-refractivity contribution < 1.29 is 14.4 Å². The van der Waals surface area contributed by atoms with Crippen LogP contribution in [0.4, 0.5) is 0 Å². The molecule has 1 heterocycles. The molecule has 0 unspecified atom stereocenters. The first kappa shape index (κ1) is 10.2. The van der Waals surface area contributed by atoms with Gasteiger partial charge in [-0.15, -0.1) is 0 Å². The van der Waals surface area contributed by atoms with Gasteiger partial charge in [-0.05, 0) is 18.8 Å². The Morgan fingerprint density at radius 1 is 1.47 bits per heavy atom. The zero-order valence-corrected chi connectivity index (χ0v) is 8.77. The number of hydrogen-bond acceptors (Lipinski definition) is 3. The number of nitrogens with zero attached hydrogens (tertiary/aromatic N) is 1. The molecule has 0 amide bonds. The number of rotatable bonds is 2. The van der Waals surface area contributed by atoms with Crippen molar-refractivity contribution in [3.63, 3.8) is 0 Å². The molecular formula is C11H15NO3. The molecule has 1 aliphatic carbocycles. The zero-order chi connectivity index (χ0) is 10.8. The Kier molecular flexibility index (Phi) is 2.75. The Hall–Kier alpha value is -1.32. The monoisotopic (exact) mass is 209 g/mol. The molecular weight excluding hydrogens is 194 g/mol. The lowest BCUT2D eigenvalue weighted by Gasteiger charge is -2.24. The maximum absolute atomic E-state index is 10.6. The summed E-state index contributed by atoms with van der Waals surface area (Å²) in [5.74, 6) is 0.0756. The van der Waals surface area contributed by atoms with E-state index in [0.29, 0.717) is 5.92 Å². The van der Waals surface area contributed by atoms with E-state index >= 15 is 0 Å². The van der Waals surface area contributed by atoms with Crippen LogP contribution in [-0.2, 0) is 0 Å². The Morgan fingerprint density at radius 3 is 2.67 bits per heavy atom. The molecule has 1 fully saturated rings. The van der Waals surface area contributed by atoms with Crippen LogP contribution in [0.5, 0.6) is 0 Å². The summed E-state index contributed by atoms with van der Waals surface area (Å²) in [6.45, 7) is 2.25. The van der Waals surface area contributed by atoms with Gasteiger partial charge >= 0.3 is 5.97 Å². The van der Waals surface area contributed by atoms with E-state index < -0.39 is 5.97 Å². The second kappa shape index (κ2) is 4.04. The fourth-order valence-electron chi connectivity index (χ4n) is 2.14. The topological polar surface area (TPSA) is 63.3 Å². The van der Waals surface area contributed by atoms with Gasteiger partial charge in [0.2, 0.25) is 5.76 Å². The van der Waals surface area contributed by atoms with Crippen LogP contribution < -0.4 is 0 Å². The number of aromatic carboxylic acids is 1. The van der Waals surface area contributed by atoms with Crippen LogP contribution in [0.25, 0.3) is 0 Å². The van der Waals surface area contributed by atoms with Crippen LogP contribution in [0.3, 0.4) is 0 Å². The van der Waals surface area contributed by atoms with E-state index in [9.17, 15) is 4.79 Å². The van der Waals surface area contributed by atoms with Crippen molar-refractivity contribution in [3.8, 4) is 0 Å². The van der Waals surface area contributed by atoms with Gasteiger partial charge in [-0.2, -0.15) is 0 Å². The van der Waals surface area contributed by atoms with Crippen molar-refractivity contribution in [2.24, 2.45) is 5.92 Å². The van der Waals surface area contributed by atoms with Crippen LogP contribution in [0.2, 0.25) is 0 Å². The van der Waals surface area contributed by atoms with Crippen molar-refractivity contribution in [2.75, 3.05) is 0 Å². The molecule has 0 radical (unpaired) electrons. The highest BCUT2D eigenvalue weighted by atomic mass is 16.5. The summed E-state index contributed by atoms with van der Waals surface area (Å²) in [6, 6.07) is 1.56. The number of carboxylic acid groups (broad SMARTS) is 1. The molecule has 4 heteroatoms. The van der Waals surface area contributed by atoms with E-state index in [2.05, 4.69) is 12.1 Å². The van der Waals surface area contributed by atoms with Crippen molar-refractivity contribution in [2.45, 2.75) is 38.5 Å². The lowest BCUT2D eigenvalue weighted by Crippen LogP contribution is -2.10. The van der Waals surface area contributed by atoms with Gasteiger partial charge in [-0.3, -0.25) is 0 Å². The average Bonchev–Trinajstić information content (AvgIpc) is 2.68. The van der Waals surface area contributed by atoms with Crippen molar-refractivity contribution >= 4 is 5.97 Å². The highest BCUT2D eigenvalue weighted by molar-refractivity contribution is 5.84. The quantitative estimate of drug-likeness (QED) is 0.813. The van der Waals surface area contributed by atoms with Gasteiger partial charge in [0.1, 0.15) is 0 Å². The molecule has 2 rings (SSSR count). The van der Waals surface area contributed by atoms with Gasteiger partial charge in [0.05, 0.1) is 5.69 Å². The van der Waals surface area contributed by atoms with Crippen LogP contribution in [-0.4, -0.2) is 16.2 Å². The number of carboxylic acids is 1. The molecule has 1 saturated carbocycles.